The van der Waals surface area contributed by atoms with Crippen LogP contribution in [-0.2, 0) is 20.8 Å². The van der Waals surface area contributed by atoms with Gasteiger partial charge in [-0.3, -0.25) is 14.4 Å². The molecule has 7 heteroatoms. The Hall–Kier alpha value is -1.89. The average Bonchev–Trinajstić information content (AvgIpc) is 3.37. The minimum absolute atomic E-state index is 0.0549. The third-order valence-electron chi connectivity index (χ3n) is 4.64. The van der Waals surface area contributed by atoms with Gasteiger partial charge in [0.25, 0.3) is 0 Å². The molecule has 2 amide bonds. The summed E-state index contributed by atoms with van der Waals surface area (Å²) in [5.74, 6) is -1.81. The van der Waals surface area contributed by atoms with E-state index in [0.29, 0.717) is 39.0 Å². The van der Waals surface area contributed by atoms with Gasteiger partial charge in [0.1, 0.15) is 0 Å². The van der Waals surface area contributed by atoms with Crippen molar-refractivity contribution in [2.75, 3.05) is 26.2 Å². The van der Waals surface area contributed by atoms with Crippen molar-refractivity contribution in [3.8, 4) is 0 Å². The maximum absolute atomic E-state index is 12.3. The van der Waals surface area contributed by atoms with Crippen LogP contribution in [0.3, 0.4) is 0 Å². The van der Waals surface area contributed by atoms with Gasteiger partial charge in [-0.15, -0.1) is 0 Å². The van der Waals surface area contributed by atoms with Crippen molar-refractivity contribution in [1.29, 1.82) is 0 Å². The quantitative estimate of drug-likeness (QED) is 0.836. The number of carboxylic acid groups (broad SMARTS) is 1. The summed E-state index contributed by atoms with van der Waals surface area (Å²) < 4.78 is 0.977. The number of hydrogen-bond acceptors (Lipinski definition) is 3. The number of aliphatic carboxylic acids is 1. The summed E-state index contributed by atoms with van der Waals surface area (Å²) in [6, 6.07) is 7.66. The topological polar surface area (TPSA) is 77.9 Å². The highest BCUT2D eigenvalue weighted by molar-refractivity contribution is 9.10. The number of piperazine rings is 1. The molecule has 0 radical (unpaired) electrons. The smallest absolute Gasteiger partial charge is 0.307 e. The Bertz CT molecular complexity index is 653. The fourth-order valence-corrected chi connectivity index (χ4v) is 3.30. The molecule has 1 aromatic carbocycles. The van der Waals surface area contributed by atoms with E-state index < -0.39 is 11.9 Å². The molecule has 0 aromatic heterocycles. The van der Waals surface area contributed by atoms with E-state index in [4.69, 9.17) is 5.11 Å². The molecule has 1 aliphatic carbocycles. The van der Waals surface area contributed by atoms with Crippen LogP contribution in [0.4, 0.5) is 0 Å². The Morgan fingerprint density at radius 3 is 2.12 bits per heavy atom. The molecule has 3 rings (SSSR count). The highest BCUT2D eigenvalue weighted by atomic mass is 79.9. The van der Waals surface area contributed by atoms with E-state index in [1.54, 1.807) is 9.80 Å². The van der Waals surface area contributed by atoms with Crippen molar-refractivity contribution >= 4 is 33.7 Å². The first-order chi connectivity index (χ1) is 11.5. The van der Waals surface area contributed by atoms with Crippen LogP contribution in [0.15, 0.2) is 28.7 Å². The van der Waals surface area contributed by atoms with Gasteiger partial charge < -0.3 is 14.9 Å². The molecule has 6 nitrogen and oxygen atoms in total. The molecule has 1 N–H and O–H groups in total. The monoisotopic (exact) mass is 394 g/mol. The first kappa shape index (κ1) is 17.0. The fourth-order valence-electron chi connectivity index (χ4n) is 3.04. The Morgan fingerprint density at radius 1 is 1.00 bits per heavy atom. The predicted octanol–water partition coefficient (Wildman–Crippen LogP) is 1.38. The predicted molar refractivity (Wildman–Crippen MR) is 90.2 cm³/mol. The molecular formula is C17H19BrN2O4. The Balaban J connectivity index is 1.48. The number of benzene rings is 1. The summed E-state index contributed by atoms with van der Waals surface area (Å²) in [4.78, 5) is 38.9. The molecular weight excluding hydrogens is 376 g/mol. The summed E-state index contributed by atoms with van der Waals surface area (Å²) in [6.07, 6.45) is 0.793. The number of carbonyl (C=O) groups excluding carboxylic acids is 2. The van der Waals surface area contributed by atoms with Crippen LogP contribution in [0, 0.1) is 11.8 Å². The molecule has 1 saturated carbocycles. The Labute approximate surface area is 148 Å². The maximum Gasteiger partial charge on any atom is 0.307 e. The van der Waals surface area contributed by atoms with Crippen molar-refractivity contribution in [3.63, 3.8) is 0 Å². The van der Waals surface area contributed by atoms with Crippen molar-refractivity contribution in [3.05, 3.63) is 34.3 Å². The summed E-state index contributed by atoms with van der Waals surface area (Å²) in [6.45, 7) is 1.97. The van der Waals surface area contributed by atoms with Gasteiger partial charge >= 0.3 is 5.97 Å². The molecule has 2 fully saturated rings. The van der Waals surface area contributed by atoms with Crippen molar-refractivity contribution in [2.24, 2.45) is 11.8 Å². The minimum Gasteiger partial charge on any atom is -0.481 e. The molecule has 2 unspecified atom stereocenters. The first-order valence-corrected chi connectivity index (χ1v) is 8.79. The van der Waals surface area contributed by atoms with Crippen LogP contribution < -0.4 is 0 Å². The lowest BCUT2D eigenvalue weighted by Crippen LogP contribution is -2.51. The van der Waals surface area contributed by atoms with Crippen LogP contribution in [0.1, 0.15) is 12.0 Å². The van der Waals surface area contributed by atoms with Gasteiger partial charge in [0.15, 0.2) is 0 Å². The van der Waals surface area contributed by atoms with E-state index in [2.05, 4.69) is 15.9 Å². The molecule has 0 bridgehead atoms. The van der Waals surface area contributed by atoms with E-state index in [-0.39, 0.29) is 17.7 Å². The molecule has 1 aliphatic heterocycles. The fraction of sp³-hybridized carbons (Fsp3) is 0.471. The van der Waals surface area contributed by atoms with Crippen LogP contribution in [-0.4, -0.2) is 58.9 Å². The minimum atomic E-state index is -0.892. The molecule has 24 heavy (non-hydrogen) atoms. The van der Waals surface area contributed by atoms with E-state index in [9.17, 15) is 14.4 Å². The van der Waals surface area contributed by atoms with Gasteiger partial charge in [0.05, 0.1) is 18.3 Å². The second-order valence-corrected chi connectivity index (χ2v) is 7.21. The van der Waals surface area contributed by atoms with Gasteiger partial charge in [0.2, 0.25) is 11.8 Å². The Kier molecular flexibility index (Phi) is 4.89. The third-order valence-corrected chi connectivity index (χ3v) is 5.17. The first-order valence-electron chi connectivity index (χ1n) is 7.99. The van der Waals surface area contributed by atoms with Crippen LogP contribution >= 0.6 is 15.9 Å². The van der Waals surface area contributed by atoms with Crippen LogP contribution in [0.2, 0.25) is 0 Å². The summed E-state index contributed by atoms with van der Waals surface area (Å²) in [7, 11) is 0. The highest BCUT2D eigenvalue weighted by Crippen LogP contribution is 2.40. The summed E-state index contributed by atoms with van der Waals surface area (Å²) >= 11 is 3.37. The zero-order valence-corrected chi connectivity index (χ0v) is 14.7. The summed E-state index contributed by atoms with van der Waals surface area (Å²) in [5, 5.41) is 8.92. The number of halogens is 1. The highest BCUT2D eigenvalue weighted by Gasteiger charge is 2.50. The molecule has 2 atom stereocenters. The summed E-state index contributed by atoms with van der Waals surface area (Å²) in [5.41, 5.74) is 0.962. The van der Waals surface area contributed by atoms with Crippen molar-refractivity contribution in [2.45, 2.75) is 12.8 Å². The van der Waals surface area contributed by atoms with Gasteiger partial charge in [-0.05, 0) is 24.1 Å². The number of hydrogen-bond donors (Lipinski definition) is 1. The van der Waals surface area contributed by atoms with Gasteiger partial charge in [-0.1, -0.05) is 28.1 Å². The zero-order chi connectivity index (χ0) is 17.3. The van der Waals surface area contributed by atoms with E-state index in [1.165, 1.54) is 0 Å². The maximum atomic E-state index is 12.3. The SMILES string of the molecule is O=C(O)C1CC1C(=O)N1CCN(C(=O)Cc2ccc(Br)cc2)CC1. The van der Waals surface area contributed by atoms with E-state index in [1.807, 2.05) is 24.3 Å². The average molecular weight is 395 g/mol. The molecule has 1 saturated heterocycles. The van der Waals surface area contributed by atoms with Crippen LogP contribution in [0.5, 0.6) is 0 Å². The van der Waals surface area contributed by atoms with Crippen molar-refractivity contribution < 1.29 is 19.5 Å². The Morgan fingerprint density at radius 2 is 1.58 bits per heavy atom. The standard InChI is InChI=1S/C17H19BrN2O4/c18-12-3-1-11(2-4-12)9-15(21)19-5-7-20(8-6-19)16(22)13-10-14(13)17(23)24/h1-4,13-14H,5-10H2,(H,23,24). The normalized spacial score (nSPS) is 23.0. The lowest BCUT2D eigenvalue weighted by molar-refractivity contribution is -0.143. The lowest BCUT2D eigenvalue weighted by atomic mass is 10.1. The van der Waals surface area contributed by atoms with Crippen molar-refractivity contribution in [1.82, 2.24) is 9.80 Å². The molecule has 0 spiro atoms. The van der Waals surface area contributed by atoms with Crippen LogP contribution in [0.25, 0.3) is 0 Å². The van der Waals surface area contributed by atoms with E-state index >= 15 is 0 Å². The van der Waals surface area contributed by atoms with Gasteiger partial charge in [-0.2, -0.15) is 0 Å². The largest absolute Gasteiger partial charge is 0.481 e. The third kappa shape index (κ3) is 3.77. The number of nitrogens with zero attached hydrogens (tertiary/aromatic N) is 2. The number of carboxylic acids is 1. The molecule has 1 aromatic rings. The van der Waals surface area contributed by atoms with E-state index in [0.717, 1.165) is 10.0 Å². The lowest BCUT2D eigenvalue weighted by Gasteiger charge is -2.35. The van der Waals surface area contributed by atoms with Gasteiger partial charge in [-0.25, -0.2) is 0 Å². The molecule has 128 valence electrons. The second kappa shape index (κ2) is 6.93. The number of carbonyl (C=O) groups is 3. The zero-order valence-electron chi connectivity index (χ0n) is 13.2. The second-order valence-electron chi connectivity index (χ2n) is 6.30. The molecule has 2 aliphatic rings. The van der Waals surface area contributed by atoms with Gasteiger partial charge in [0, 0.05) is 30.7 Å². The molecule has 1 heterocycles. The number of amides is 2. The number of rotatable bonds is 4.